The molecule has 0 amide bonds. The first-order chi connectivity index (χ1) is 4.89. The van der Waals surface area contributed by atoms with Crippen LogP contribution in [0.4, 0.5) is 0 Å². The van der Waals surface area contributed by atoms with Crippen LogP contribution < -0.4 is 0 Å². The van der Waals surface area contributed by atoms with Crippen LogP contribution in [0.5, 0.6) is 0 Å². The molecule has 0 rings (SSSR count). The Balaban J connectivity index is 4.22. The van der Waals surface area contributed by atoms with Gasteiger partial charge in [0.1, 0.15) is 0 Å². The van der Waals surface area contributed by atoms with Crippen molar-refractivity contribution in [3.8, 4) is 0 Å². The molecule has 0 aliphatic carbocycles. The predicted molar refractivity (Wildman–Crippen MR) is 52.4 cm³/mol. The number of carboxylic acids is 1. The fraction of sp³-hybridized carbons (Fsp3) is 0.857. The summed E-state index contributed by atoms with van der Waals surface area (Å²) in [5.41, 5.74) is 0. The Morgan fingerprint density at radius 1 is 1.64 bits per heavy atom. The van der Waals surface area contributed by atoms with Gasteiger partial charge in [0.05, 0.1) is 10.00 Å². The second-order valence-corrected chi connectivity index (χ2v) is 4.98. The second kappa shape index (κ2) is 4.26. The summed E-state index contributed by atoms with van der Waals surface area (Å²) in [6.07, 6.45) is 1.46. The molecule has 0 saturated heterocycles. The van der Waals surface area contributed by atoms with Crippen molar-refractivity contribution < 1.29 is 9.90 Å². The Kier molecular flexibility index (Phi) is 4.32. The molecule has 0 spiro atoms. The predicted octanol–water partition coefficient (Wildman–Crippen LogP) is 2.06. The number of hydrogen-bond donors (Lipinski definition) is 3. The highest BCUT2D eigenvalue weighted by Gasteiger charge is 2.31. The van der Waals surface area contributed by atoms with Crippen molar-refractivity contribution in [1.82, 2.24) is 0 Å². The summed E-state index contributed by atoms with van der Waals surface area (Å²) in [6, 6.07) is 0. The van der Waals surface area contributed by atoms with Gasteiger partial charge in [-0.25, -0.2) is 0 Å². The first-order valence-corrected chi connectivity index (χ1v) is 4.46. The van der Waals surface area contributed by atoms with E-state index in [1.807, 2.05) is 6.92 Å². The average molecular weight is 194 g/mol. The van der Waals surface area contributed by atoms with Crippen molar-refractivity contribution in [2.24, 2.45) is 5.92 Å². The van der Waals surface area contributed by atoms with Crippen LogP contribution in [0.15, 0.2) is 0 Å². The number of aliphatic carboxylic acids is 1. The van der Waals surface area contributed by atoms with E-state index in [1.54, 1.807) is 6.92 Å². The molecule has 0 fully saturated rings. The van der Waals surface area contributed by atoms with Crippen molar-refractivity contribution in [2.75, 3.05) is 0 Å². The molecule has 0 aromatic heterocycles. The van der Waals surface area contributed by atoms with E-state index in [1.165, 1.54) is 0 Å². The number of hydrogen-bond acceptors (Lipinski definition) is 3. The topological polar surface area (TPSA) is 37.3 Å². The highest BCUT2D eigenvalue weighted by atomic mass is 32.2. The van der Waals surface area contributed by atoms with Gasteiger partial charge in [-0.05, 0) is 13.3 Å². The van der Waals surface area contributed by atoms with Gasteiger partial charge in [0.15, 0.2) is 0 Å². The number of rotatable bonds is 4. The van der Waals surface area contributed by atoms with Crippen LogP contribution in [0.1, 0.15) is 26.7 Å². The lowest BCUT2D eigenvalue weighted by atomic mass is 10.0. The van der Waals surface area contributed by atoms with E-state index in [2.05, 4.69) is 25.3 Å². The van der Waals surface area contributed by atoms with Gasteiger partial charge < -0.3 is 5.11 Å². The van der Waals surface area contributed by atoms with Crippen LogP contribution in [0.2, 0.25) is 0 Å². The minimum atomic E-state index is -0.820. The van der Waals surface area contributed by atoms with E-state index in [9.17, 15) is 4.79 Å². The molecule has 0 aromatic carbocycles. The van der Waals surface area contributed by atoms with E-state index in [-0.39, 0.29) is 0 Å². The lowest BCUT2D eigenvalue weighted by Crippen LogP contribution is -2.29. The fourth-order valence-corrected chi connectivity index (χ4v) is 1.40. The van der Waals surface area contributed by atoms with Crippen molar-refractivity contribution >= 4 is 31.2 Å². The summed E-state index contributed by atoms with van der Waals surface area (Å²) in [7, 11) is 0. The second-order valence-electron chi connectivity index (χ2n) is 2.77. The molecule has 0 radical (unpaired) electrons. The summed E-state index contributed by atoms with van der Waals surface area (Å²) >= 11 is 8.21. The summed E-state index contributed by atoms with van der Waals surface area (Å²) in [5, 5.41) is 8.74. The Morgan fingerprint density at radius 2 is 2.09 bits per heavy atom. The zero-order valence-corrected chi connectivity index (χ0v) is 8.53. The summed E-state index contributed by atoms with van der Waals surface area (Å²) in [6.45, 7) is 3.65. The van der Waals surface area contributed by atoms with E-state index in [0.29, 0.717) is 6.42 Å². The maximum Gasteiger partial charge on any atom is 0.308 e. The minimum absolute atomic E-state index is 0.473. The quantitative estimate of drug-likeness (QED) is 0.473. The molecule has 0 aliphatic heterocycles. The van der Waals surface area contributed by atoms with Crippen molar-refractivity contribution in [1.29, 1.82) is 0 Å². The van der Waals surface area contributed by atoms with Crippen LogP contribution in [0.3, 0.4) is 0 Å². The van der Waals surface area contributed by atoms with Crippen LogP contribution in [0.25, 0.3) is 0 Å². The standard InChI is InChI=1S/C7H14O2S2/c1-3-4-5(6(8)9)7(2,10)11/h5,10-11H,3-4H2,1-2H3,(H,8,9). The molecule has 4 heteroatoms. The number of thiol groups is 2. The molecular weight excluding hydrogens is 180 g/mol. The Bertz CT molecular complexity index is 140. The highest BCUT2D eigenvalue weighted by molar-refractivity contribution is 8.00. The van der Waals surface area contributed by atoms with Gasteiger partial charge in [-0.15, -0.1) is 0 Å². The lowest BCUT2D eigenvalue weighted by Gasteiger charge is -2.24. The number of carboxylic acid groups (broad SMARTS) is 1. The van der Waals surface area contributed by atoms with Gasteiger partial charge in [-0.2, -0.15) is 25.3 Å². The monoisotopic (exact) mass is 194 g/mol. The SMILES string of the molecule is CCCC(C(=O)O)C(C)(S)S. The minimum Gasteiger partial charge on any atom is -0.481 e. The van der Waals surface area contributed by atoms with E-state index in [4.69, 9.17) is 5.11 Å². The molecule has 66 valence electrons. The van der Waals surface area contributed by atoms with Crippen LogP contribution in [0, 0.1) is 5.92 Å². The average Bonchev–Trinajstić information content (AvgIpc) is 1.79. The first kappa shape index (κ1) is 11.2. The lowest BCUT2D eigenvalue weighted by molar-refractivity contribution is -0.142. The summed E-state index contributed by atoms with van der Waals surface area (Å²) in [5.74, 6) is -1.29. The van der Waals surface area contributed by atoms with Gasteiger partial charge in [0.25, 0.3) is 0 Å². The summed E-state index contributed by atoms with van der Waals surface area (Å²) in [4.78, 5) is 10.6. The maximum atomic E-state index is 10.6. The van der Waals surface area contributed by atoms with Gasteiger partial charge in [-0.1, -0.05) is 13.3 Å². The molecule has 0 heterocycles. The van der Waals surface area contributed by atoms with E-state index in [0.717, 1.165) is 6.42 Å². The highest BCUT2D eigenvalue weighted by Crippen LogP contribution is 2.32. The zero-order chi connectivity index (χ0) is 9.07. The van der Waals surface area contributed by atoms with Crippen LogP contribution in [-0.4, -0.2) is 15.2 Å². The zero-order valence-electron chi connectivity index (χ0n) is 6.74. The molecular formula is C7H14O2S2. The first-order valence-electron chi connectivity index (χ1n) is 3.57. The van der Waals surface area contributed by atoms with E-state index < -0.39 is 16.0 Å². The third kappa shape index (κ3) is 3.91. The normalized spacial score (nSPS) is 14.5. The maximum absolute atomic E-state index is 10.6. The molecule has 0 aliphatic rings. The molecule has 1 atom stereocenters. The van der Waals surface area contributed by atoms with Gasteiger partial charge in [0, 0.05) is 0 Å². The fourth-order valence-electron chi connectivity index (χ4n) is 0.920. The van der Waals surface area contributed by atoms with Crippen LogP contribution in [-0.2, 0) is 4.79 Å². The third-order valence-electron chi connectivity index (χ3n) is 1.54. The molecule has 0 bridgehead atoms. The molecule has 0 saturated carbocycles. The van der Waals surface area contributed by atoms with Crippen LogP contribution >= 0.6 is 25.3 Å². The number of carbonyl (C=O) groups is 1. The van der Waals surface area contributed by atoms with Gasteiger partial charge in [0.2, 0.25) is 0 Å². The Hall–Kier alpha value is 0.170. The van der Waals surface area contributed by atoms with Gasteiger partial charge >= 0.3 is 5.97 Å². The smallest absolute Gasteiger partial charge is 0.308 e. The molecule has 11 heavy (non-hydrogen) atoms. The van der Waals surface area contributed by atoms with Gasteiger partial charge in [-0.3, -0.25) is 4.79 Å². The molecule has 0 aromatic rings. The Morgan fingerprint density at radius 3 is 2.18 bits per heavy atom. The molecule has 1 N–H and O–H groups in total. The molecule has 1 unspecified atom stereocenters. The molecule has 2 nitrogen and oxygen atoms in total. The summed E-state index contributed by atoms with van der Waals surface area (Å²) < 4.78 is -0.720. The van der Waals surface area contributed by atoms with Crippen molar-refractivity contribution in [3.05, 3.63) is 0 Å². The van der Waals surface area contributed by atoms with Crippen molar-refractivity contribution in [3.63, 3.8) is 0 Å². The van der Waals surface area contributed by atoms with E-state index >= 15 is 0 Å². The Labute approximate surface area is 78.2 Å². The van der Waals surface area contributed by atoms with Crippen molar-refractivity contribution in [2.45, 2.75) is 30.8 Å². The largest absolute Gasteiger partial charge is 0.481 e. The third-order valence-corrected chi connectivity index (χ3v) is 2.16.